The molecule has 0 spiro atoms. The van der Waals surface area contributed by atoms with Gasteiger partial charge in [0.2, 0.25) is 0 Å². The van der Waals surface area contributed by atoms with Gasteiger partial charge in [-0.25, -0.2) is 4.79 Å². The number of carbonyl (C=O) groups excluding carboxylic acids is 1. The maximum absolute atomic E-state index is 12.3. The number of nitrogens with zero attached hydrogens (tertiary/aromatic N) is 2. The Morgan fingerprint density at radius 2 is 1.67 bits per heavy atom. The molecule has 0 aliphatic heterocycles. The van der Waals surface area contributed by atoms with Crippen LogP contribution in [0.1, 0.15) is 10.4 Å². The summed E-state index contributed by atoms with van der Waals surface area (Å²) in [6, 6.07) is 3.47. The van der Waals surface area contributed by atoms with Gasteiger partial charge in [-0.2, -0.15) is 13.2 Å². The largest absolute Gasteiger partial charge is 0.454 e. The maximum atomic E-state index is 12.3. The van der Waals surface area contributed by atoms with Gasteiger partial charge in [-0.05, 0) is 18.2 Å². The van der Waals surface area contributed by atoms with Crippen molar-refractivity contribution in [3.8, 4) is 0 Å². The lowest BCUT2D eigenvalue weighted by molar-refractivity contribution is -0.0885. The average Bonchev–Trinajstić information content (AvgIpc) is 2.52. The Morgan fingerprint density at radius 1 is 1.11 bits per heavy atom. The summed E-state index contributed by atoms with van der Waals surface area (Å²) in [5, 5.41) is 0. The van der Waals surface area contributed by atoms with Crippen LogP contribution in [-0.2, 0) is 14.1 Å². The number of aromatic nitrogens is 2. The number of hydrogen-bond acceptors (Lipinski definition) is 2. The highest BCUT2D eigenvalue weighted by molar-refractivity contribution is 6.02. The molecule has 7 heteroatoms. The minimum Gasteiger partial charge on any atom is -0.295 e. The van der Waals surface area contributed by atoms with Crippen molar-refractivity contribution >= 4 is 16.8 Å². The van der Waals surface area contributed by atoms with E-state index in [-0.39, 0.29) is 11.2 Å². The van der Waals surface area contributed by atoms with Crippen molar-refractivity contribution < 1.29 is 18.0 Å². The van der Waals surface area contributed by atoms with Crippen LogP contribution in [0.25, 0.3) is 11.0 Å². The van der Waals surface area contributed by atoms with Crippen LogP contribution in [-0.4, -0.2) is 21.1 Å². The summed E-state index contributed by atoms with van der Waals surface area (Å²) in [5.74, 6) is -1.92. The molecule has 0 fully saturated rings. The van der Waals surface area contributed by atoms with Crippen LogP contribution in [0.5, 0.6) is 0 Å². The van der Waals surface area contributed by atoms with Gasteiger partial charge in [-0.15, -0.1) is 0 Å². The Morgan fingerprint density at radius 3 is 2.22 bits per heavy atom. The third kappa shape index (κ3) is 1.71. The predicted molar refractivity (Wildman–Crippen MR) is 58.5 cm³/mol. The number of rotatable bonds is 1. The highest BCUT2D eigenvalue weighted by Crippen LogP contribution is 2.23. The lowest BCUT2D eigenvalue weighted by atomic mass is 10.1. The first-order chi connectivity index (χ1) is 8.23. The Kier molecular flexibility index (Phi) is 2.57. The molecule has 1 aromatic heterocycles. The standard InChI is InChI=1S/C11H9F3N2O2/c1-15-7-4-3-6(9(17)11(12,13)14)5-8(7)16(2)10(15)18/h3-5H,1-2H3. The number of benzene rings is 1. The summed E-state index contributed by atoms with van der Waals surface area (Å²) in [5.41, 5.74) is -0.0726. The van der Waals surface area contributed by atoms with E-state index >= 15 is 0 Å². The molecule has 0 atom stereocenters. The van der Waals surface area contributed by atoms with Crippen molar-refractivity contribution in [1.82, 2.24) is 9.13 Å². The van der Waals surface area contributed by atoms with Gasteiger partial charge in [-0.1, -0.05) is 0 Å². The van der Waals surface area contributed by atoms with Gasteiger partial charge in [0.1, 0.15) is 0 Å². The third-order valence-electron chi connectivity index (χ3n) is 2.79. The Labute approximate surface area is 99.2 Å². The first kappa shape index (κ1) is 12.4. The highest BCUT2D eigenvalue weighted by atomic mass is 19.4. The fourth-order valence-corrected chi connectivity index (χ4v) is 1.81. The van der Waals surface area contributed by atoms with Crippen LogP contribution >= 0.6 is 0 Å². The van der Waals surface area contributed by atoms with Gasteiger partial charge < -0.3 is 0 Å². The van der Waals surface area contributed by atoms with Crippen molar-refractivity contribution in [2.75, 3.05) is 0 Å². The van der Waals surface area contributed by atoms with Crippen LogP contribution < -0.4 is 5.69 Å². The number of imidazole rings is 1. The Hall–Kier alpha value is -2.05. The van der Waals surface area contributed by atoms with Crippen molar-refractivity contribution in [2.45, 2.75) is 6.18 Å². The summed E-state index contributed by atoms with van der Waals surface area (Å²) in [6.45, 7) is 0. The summed E-state index contributed by atoms with van der Waals surface area (Å²) in [4.78, 5) is 22.7. The molecule has 2 rings (SSSR count). The van der Waals surface area contributed by atoms with E-state index in [2.05, 4.69) is 0 Å². The van der Waals surface area contributed by atoms with Crippen LogP contribution in [0.2, 0.25) is 0 Å². The van der Waals surface area contributed by atoms with Crippen LogP contribution in [0.15, 0.2) is 23.0 Å². The molecular weight excluding hydrogens is 249 g/mol. The zero-order chi connectivity index (χ0) is 13.7. The summed E-state index contributed by atoms with van der Waals surface area (Å²) in [6.07, 6.45) is -4.92. The zero-order valence-electron chi connectivity index (χ0n) is 9.58. The molecule has 0 saturated carbocycles. The Bertz CT molecular complexity index is 695. The molecule has 0 aliphatic carbocycles. The van der Waals surface area contributed by atoms with Crippen LogP contribution in [0.3, 0.4) is 0 Å². The molecule has 1 aromatic carbocycles. The van der Waals surface area contributed by atoms with Crippen molar-refractivity contribution in [2.24, 2.45) is 14.1 Å². The summed E-state index contributed by atoms with van der Waals surface area (Å²) >= 11 is 0. The molecule has 0 radical (unpaired) electrons. The molecule has 0 amide bonds. The molecule has 18 heavy (non-hydrogen) atoms. The van der Waals surface area contributed by atoms with Gasteiger partial charge in [-0.3, -0.25) is 13.9 Å². The second-order valence-electron chi connectivity index (χ2n) is 3.93. The van der Waals surface area contributed by atoms with E-state index in [1.54, 1.807) is 0 Å². The lowest BCUT2D eigenvalue weighted by Gasteiger charge is -2.05. The molecule has 0 bridgehead atoms. The summed E-state index contributed by atoms with van der Waals surface area (Å²) < 4.78 is 39.4. The SMILES string of the molecule is Cn1c(=O)n(C)c2cc(C(=O)C(F)(F)F)ccc21. The van der Waals surface area contributed by atoms with Gasteiger partial charge in [0, 0.05) is 19.7 Å². The van der Waals surface area contributed by atoms with E-state index in [4.69, 9.17) is 0 Å². The molecule has 0 N–H and O–H groups in total. The quantitative estimate of drug-likeness (QED) is 0.729. The van der Waals surface area contributed by atoms with E-state index in [1.807, 2.05) is 0 Å². The average molecular weight is 258 g/mol. The topological polar surface area (TPSA) is 44.0 Å². The first-order valence-corrected chi connectivity index (χ1v) is 5.00. The number of aryl methyl sites for hydroxylation is 2. The molecule has 4 nitrogen and oxygen atoms in total. The fourth-order valence-electron chi connectivity index (χ4n) is 1.81. The second-order valence-corrected chi connectivity index (χ2v) is 3.93. The van der Waals surface area contributed by atoms with E-state index < -0.39 is 17.5 Å². The monoisotopic (exact) mass is 258 g/mol. The van der Waals surface area contributed by atoms with Crippen LogP contribution in [0, 0.1) is 0 Å². The maximum Gasteiger partial charge on any atom is 0.454 e. The first-order valence-electron chi connectivity index (χ1n) is 5.00. The minimum absolute atomic E-state index is 0.289. The normalized spacial score (nSPS) is 12.1. The van der Waals surface area contributed by atoms with Crippen molar-refractivity contribution in [3.05, 3.63) is 34.2 Å². The second kappa shape index (κ2) is 3.72. The molecule has 0 unspecified atom stereocenters. The minimum atomic E-state index is -4.92. The molecule has 2 aromatic rings. The third-order valence-corrected chi connectivity index (χ3v) is 2.79. The highest BCUT2D eigenvalue weighted by Gasteiger charge is 2.39. The predicted octanol–water partition coefficient (Wildman–Crippen LogP) is 1.62. The fraction of sp³-hybridized carbons (Fsp3) is 0.273. The number of Topliss-reactive ketones (excluding diaryl/α,β-unsaturated/α-hetero) is 1. The number of fused-ring (bicyclic) bond motifs is 1. The van der Waals surface area contributed by atoms with Crippen LogP contribution in [0.4, 0.5) is 13.2 Å². The molecule has 0 saturated heterocycles. The van der Waals surface area contributed by atoms with Gasteiger partial charge in [0.05, 0.1) is 11.0 Å². The number of ketones is 1. The zero-order valence-corrected chi connectivity index (χ0v) is 9.58. The van der Waals surface area contributed by atoms with Crippen molar-refractivity contribution in [3.63, 3.8) is 0 Å². The Balaban J connectivity index is 2.69. The smallest absolute Gasteiger partial charge is 0.295 e. The van der Waals surface area contributed by atoms with Gasteiger partial charge >= 0.3 is 11.9 Å². The van der Waals surface area contributed by atoms with E-state index in [0.717, 1.165) is 12.1 Å². The summed E-state index contributed by atoms with van der Waals surface area (Å²) in [7, 11) is 2.95. The molecular formula is C11H9F3N2O2. The van der Waals surface area contributed by atoms with Crippen molar-refractivity contribution in [1.29, 1.82) is 0 Å². The van der Waals surface area contributed by atoms with E-state index in [1.165, 1.54) is 29.3 Å². The number of carbonyl (C=O) groups is 1. The van der Waals surface area contributed by atoms with Gasteiger partial charge in [0.15, 0.2) is 0 Å². The van der Waals surface area contributed by atoms with Gasteiger partial charge in [0.25, 0.3) is 5.78 Å². The molecule has 96 valence electrons. The van der Waals surface area contributed by atoms with E-state index in [9.17, 15) is 22.8 Å². The molecule has 0 aliphatic rings. The number of alkyl halides is 3. The molecule has 1 heterocycles. The number of halogens is 3. The number of hydrogen-bond donors (Lipinski definition) is 0. The van der Waals surface area contributed by atoms with E-state index in [0.29, 0.717) is 5.52 Å². The lowest BCUT2D eigenvalue weighted by Crippen LogP contribution is -2.22.